The van der Waals surface area contributed by atoms with Crippen molar-refractivity contribution in [1.29, 1.82) is 0 Å². The Labute approximate surface area is 146 Å². The van der Waals surface area contributed by atoms with Gasteiger partial charge in [0.2, 0.25) is 0 Å². The summed E-state index contributed by atoms with van der Waals surface area (Å²) in [7, 11) is -3.00. The number of ether oxygens (including phenoxy) is 1. The van der Waals surface area contributed by atoms with Crippen LogP contribution >= 0.6 is 8.25 Å². The summed E-state index contributed by atoms with van der Waals surface area (Å²) in [5.74, 6) is 0.0449. The van der Waals surface area contributed by atoms with Gasteiger partial charge in [-0.15, -0.1) is 0 Å². The molecule has 1 atom stereocenters. The third-order valence-electron chi connectivity index (χ3n) is 3.20. The Balaban J connectivity index is 0.00000118. The highest BCUT2D eigenvalue weighted by molar-refractivity contribution is 7.32. The maximum Gasteiger partial charge on any atom is 0.316 e. The van der Waals surface area contributed by atoms with Crippen molar-refractivity contribution in [3.05, 3.63) is 29.3 Å². The average Bonchev–Trinajstić information content (AvgIpc) is 2.45. The van der Waals surface area contributed by atoms with Crippen LogP contribution in [0.2, 0.25) is 0 Å². The molecule has 0 aliphatic rings. The van der Waals surface area contributed by atoms with Gasteiger partial charge in [-0.25, -0.2) is 0 Å². The molecule has 1 unspecified atom stereocenters. The van der Waals surface area contributed by atoms with E-state index in [2.05, 4.69) is 18.4 Å². The van der Waals surface area contributed by atoms with Crippen LogP contribution in [0.4, 0.5) is 0 Å². The van der Waals surface area contributed by atoms with E-state index in [0.717, 1.165) is 11.1 Å². The first-order chi connectivity index (χ1) is 11.1. The predicted molar refractivity (Wildman–Crippen MR) is 97.9 cm³/mol. The third-order valence-corrected chi connectivity index (χ3v) is 3.65. The highest BCUT2D eigenvalue weighted by atomic mass is 31.1. The molecule has 1 aromatic rings. The van der Waals surface area contributed by atoms with Crippen molar-refractivity contribution < 1.29 is 23.5 Å². The van der Waals surface area contributed by atoms with Gasteiger partial charge in [0.25, 0.3) is 0 Å². The number of carbonyl (C=O) groups excluding carboxylic acids is 1. The van der Waals surface area contributed by atoms with Crippen molar-refractivity contribution in [2.75, 3.05) is 6.61 Å². The topological polar surface area (TPSA) is 72.8 Å². The van der Waals surface area contributed by atoms with Crippen molar-refractivity contribution in [1.82, 2.24) is 0 Å². The molecule has 5 nitrogen and oxygen atoms in total. The standard InChI is InChI=1S/C14H21O5P.C4H10/c1-10-5-6-11(14(2,3)4)12(9-10)19-13(15)7-8-18-20(16)17;1-3-4-2/h5-6,9,20H,7-8H2,1-4H3,(H,16,17);3-4H2,1-2H3. The van der Waals surface area contributed by atoms with Gasteiger partial charge in [-0.3, -0.25) is 9.36 Å². The lowest BCUT2D eigenvalue weighted by Gasteiger charge is -2.22. The molecule has 0 bridgehead atoms. The van der Waals surface area contributed by atoms with E-state index in [1.54, 1.807) is 0 Å². The molecule has 0 spiro atoms. The van der Waals surface area contributed by atoms with Gasteiger partial charge in [0.05, 0.1) is 13.0 Å². The first kappa shape index (κ1) is 22.8. The van der Waals surface area contributed by atoms with Gasteiger partial charge in [0.1, 0.15) is 5.75 Å². The monoisotopic (exact) mass is 358 g/mol. The van der Waals surface area contributed by atoms with Crippen LogP contribution in [0.1, 0.15) is 65.0 Å². The first-order valence-corrected chi connectivity index (χ1v) is 9.55. The molecule has 1 rings (SSSR count). The largest absolute Gasteiger partial charge is 0.426 e. The van der Waals surface area contributed by atoms with Crippen molar-refractivity contribution in [3.63, 3.8) is 0 Å². The number of esters is 1. The van der Waals surface area contributed by atoms with Crippen LogP contribution in [0.15, 0.2) is 18.2 Å². The van der Waals surface area contributed by atoms with E-state index >= 15 is 0 Å². The summed E-state index contributed by atoms with van der Waals surface area (Å²) in [4.78, 5) is 20.2. The minimum Gasteiger partial charge on any atom is -0.426 e. The zero-order valence-electron chi connectivity index (χ0n) is 15.6. The molecule has 0 saturated carbocycles. The molecule has 24 heavy (non-hydrogen) atoms. The Bertz CT molecular complexity index is 533. The number of aryl methyl sites for hydroxylation is 1. The third kappa shape index (κ3) is 9.86. The van der Waals surface area contributed by atoms with Gasteiger partial charge in [-0.1, -0.05) is 59.6 Å². The van der Waals surface area contributed by atoms with Crippen LogP contribution in [0.5, 0.6) is 5.75 Å². The number of hydrogen-bond acceptors (Lipinski definition) is 4. The molecule has 0 aliphatic carbocycles. The molecule has 0 amide bonds. The summed E-state index contributed by atoms with van der Waals surface area (Å²) in [6, 6.07) is 5.73. The summed E-state index contributed by atoms with van der Waals surface area (Å²) < 4.78 is 20.2. The molecule has 0 heterocycles. The second-order valence-electron chi connectivity index (χ2n) is 6.59. The van der Waals surface area contributed by atoms with Crippen LogP contribution in [-0.4, -0.2) is 17.5 Å². The van der Waals surface area contributed by atoms with E-state index < -0.39 is 14.2 Å². The predicted octanol–water partition coefficient (Wildman–Crippen LogP) is 4.79. The molecule has 0 aromatic heterocycles. The summed E-state index contributed by atoms with van der Waals surface area (Å²) in [6.07, 6.45) is 2.58. The number of carbonyl (C=O) groups is 1. The van der Waals surface area contributed by atoms with E-state index in [-0.39, 0.29) is 18.4 Å². The van der Waals surface area contributed by atoms with E-state index in [0.29, 0.717) is 5.75 Å². The van der Waals surface area contributed by atoms with Gasteiger partial charge < -0.3 is 14.2 Å². The Morgan fingerprint density at radius 2 is 1.79 bits per heavy atom. The fourth-order valence-electron chi connectivity index (χ4n) is 1.73. The fourth-order valence-corrected chi connectivity index (χ4v) is 2.01. The molecule has 1 aromatic carbocycles. The molecule has 138 valence electrons. The fraction of sp³-hybridized carbons (Fsp3) is 0.611. The molecule has 0 aliphatic heterocycles. The number of benzene rings is 1. The number of unbranched alkanes of at least 4 members (excludes halogenated alkanes) is 1. The lowest BCUT2D eigenvalue weighted by atomic mass is 9.86. The summed E-state index contributed by atoms with van der Waals surface area (Å²) in [5.41, 5.74) is 1.79. The minimum atomic E-state index is -3.00. The Kier molecular flexibility index (Phi) is 10.9. The van der Waals surface area contributed by atoms with Crippen LogP contribution in [0, 0.1) is 6.92 Å². The van der Waals surface area contributed by atoms with Crippen LogP contribution in [-0.2, 0) is 19.3 Å². The van der Waals surface area contributed by atoms with Gasteiger partial charge in [-0.05, 0) is 24.0 Å². The molecular formula is C18H31O5P. The smallest absolute Gasteiger partial charge is 0.316 e. The van der Waals surface area contributed by atoms with Crippen LogP contribution < -0.4 is 4.74 Å². The highest BCUT2D eigenvalue weighted by Gasteiger charge is 2.20. The Morgan fingerprint density at radius 1 is 1.21 bits per heavy atom. The van der Waals surface area contributed by atoms with Crippen molar-refractivity contribution in [3.8, 4) is 5.75 Å². The average molecular weight is 358 g/mol. The Hall–Kier alpha value is -1.16. The first-order valence-electron chi connectivity index (χ1n) is 8.29. The minimum absolute atomic E-state index is 0.0610. The molecule has 0 fully saturated rings. The quantitative estimate of drug-likeness (QED) is 0.449. The maximum atomic E-state index is 11.7. The van der Waals surface area contributed by atoms with Crippen LogP contribution in [0.25, 0.3) is 0 Å². The molecule has 6 heteroatoms. The van der Waals surface area contributed by atoms with Crippen molar-refractivity contribution in [2.45, 2.75) is 66.2 Å². The second kappa shape index (κ2) is 11.4. The van der Waals surface area contributed by atoms with E-state index in [1.165, 1.54) is 12.8 Å². The number of rotatable bonds is 6. The zero-order valence-corrected chi connectivity index (χ0v) is 16.6. The number of hydrogen-bond donors (Lipinski definition) is 1. The molecule has 1 N–H and O–H groups in total. The normalized spacial score (nSPS) is 12.1. The zero-order chi connectivity index (χ0) is 18.8. The van der Waals surface area contributed by atoms with Gasteiger partial charge >= 0.3 is 14.2 Å². The van der Waals surface area contributed by atoms with Gasteiger partial charge in [-0.2, -0.15) is 0 Å². The maximum absolute atomic E-state index is 11.7. The van der Waals surface area contributed by atoms with E-state index in [1.807, 2.05) is 45.9 Å². The second-order valence-corrected chi connectivity index (χ2v) is 7.41. The van der Waals surface area contributed by atoms with Crippen molar-refractivity contribution in [2.24, 2.45) is 0 Å². The lowest BCUT2D eigenvalue weighted by molar-refractivity contribution is -0.134. The summed E-state index contributed by atoms with van der Waals surface area (Å²) in [5, 5.41) is 0. The highest BCUT2D eigenvalue weighted by Crippen LogP contribution is 2.32. The van der Waals surface area contributed by atoms with Crippen molar-refractivity contribution >= 4 is 14.2 Å². The van der Waals surface area contributed by atoms with Crippen LogP contribution in [0.3, 0.4) is 0 Å². The van der Waals surface area contributed by atoms with Gasteiger partial charge in [0, 0.05) is 5.56 Å². The Morgan fingerprint density at radius 3 is 2.25 bits per heavy atom. The summed E-state index contributed by atoms with van der Waals surface area (Å²) >= 11 is 0. The SMILES string of the molecule is CCCC.Cc1ccc(C(C)(C)C)c(OC(=O)CCO[PH](=O)O)c1. The van der Waals surface area contributed by atoms with E-state index in [4.69, 9.17) is 9.63 Å². The molecular weight excluding hydrogens is 327 g/mol. The van der Waals surface area contributed by atoms with E-state index in [9.17, 15) is 9.36 Å². The van der Waals surface area contributed by atoms with Gasteiger partial charge in [0.15, 0.2) is 0 Å². The molecule has 0 radical (unpaired) electrons. The lowest BCUT2D eigenvalue weighted by Crippen LogP contribution is -2.17. The molecule has 0 saturated heterocycles. The summed E-state index contributed by atoms with van der Waals surface area (Å²) in [6.45, 7) is 12.3.